The molecule has 0 aromatic heterocycles. The van der Waals surface area contributed by atoms with E-state index >= 15 is 0 Å². The molecule has 2 aliphatic rings. The zero-order valence-corrected chi connectivity index (χ0v) is 8.29. The van der Waals surface area contributed by atoms with E-state index in [-0.39, 0.29) is 0 Å². The molecule has 1 saturated heterocycles. The van der Waals surface area contributed by atoms with Crippen molar-refractivity contribution in [2.45, 2.75) is 11.8 Å². The van der Waals surface area contributed by atoms with Crippen molar-refractivity contribution in [1.29, 1.82) is 0 Å². The van der Waals surface area contributed by atoms with Crippen molar-refractivity contribution in [2.24, 2.45) is 5.41 Å². The molecule has 1 aliphatic carbocycles. The Morgan fingerprint density at radius 2 is 2.00 bits per heavy atom. The van der Waals surface area contributed by atoms with Crippen LogP contribution in [0.3, 0.4) is 0 Å². The number of rotatable bonds is 2. The van der Waals surface area contributed by atoms with Gasteiger partial charge < -0.3 is 5.32 Å². The Bertz CT molecular complexity index is 370. The fourth-order valence-electron chi connectivity index (χ4n) is 3.05. The maximum Gasteiger partial charge on any atom is 0.0190 e. The molecule has 2 fully saturated rings. The lowest BCUT2D eigenvalue weighted by atomic mass is 9.89. The van der Waals surface area contributed by atoms with Crippen molar-refractivity contribution in [2.75, 3.05) is 13.1 Å². The minimum Gasteiger partial charge on any atom is -0.315 e. The number of piperidine rings is 1. The first-order chi connectivity index (χ1) is 6.83. The summed E-state index contributed by atoms with van der Waals surface area (Å²) in [6.45, 7) is 6.20. The Morgan fingerprint density at radius 3 is 2.64 bits per heavy atom. The minimum atomic E-state index is 0.356. The van der Waals surface area contributed by atoms with Crippen LogP contribution in [0.4, 0.5) is 0 Å². The predicted molar refractivity (Wildman–Crippen MR) is 58.2 cm³/mol. The fourth-order valence-corrected chi connectivity index (χ4v) is 3.05. The van der Waals surface area contributed by atoms with Crippen molar-refractivity contribution in [1.82, 2.24) is 5.32 Å². The summed E-state index contributed by atoms with van der Waals surface area (Å²) in [6.07, 6.45) is 3.43. The second-order valence-electron chi connectivity index (χ2n) is 4.59. The molecule has 0 bridgehead atoms. The maximum absolute atomic E-state index is 3.99. The van der Waals surface area contributed by atoms with Gasteiger partial charge in [0.05, 0.1) is 0 Å². The molecular weight excluding hydrogens is 170 g/mol. The molecule has 1 heteroatoms. The number of fused-ring (bicyclic) bond motifs is 1. The summed E-state index contributed by atoms with van der Waals surface area (Å²) in [6, 6.07) is 10.8. The van der Waals surface area contributed by atoms with E-state index < -0.39 is 0 Å². The van der Waals surface area contributed by atoms with E-state index in [1.807, 2.05) is 0 Å². The van der Waals surface area contributed by atoms with Gasteiger partial charge in [0, 0.05) is 23.9 Å². The standard InChI is InChI=1S/C13H15N/c1-2-12-8-13(12,10-14-9-12)11-6-4-3-5-7-11/h2-7,14H,1,8-10H2. The summed E-state index contributed by atoms with van der Waals surface area (Å²) in [4.78, 5) is 0. The molecule has 0 amide bonds. The third-order valence-electron chi connectivity index (χ3n) is 4.03. The van der Waals surface area contributed by atoms with Crippen LogP contribution < -0.4 is 5.32 Å². The average Bonchev–Trinajstić information content (AvgIpc) is 2.79. The summed E-state index contributed by atoms with van der Waals surface area (Å²) in [5.74, 6) is 0. The van der Waals surface area contributed by atoms with E-state index in [1.165, 1.54) is 12.0 Å². The molecule has 3 rings (SSSR count). The number of nitrogens with one attached hydrogen (secondary N) is 1. The Balaban J connectivity index is 2.05. The van der Waals surface area contributed by atoms with Crippen LogP contribution in [0, 0.1) is 5.41 Å². The number of hydrogen-bond acceptors (Lipinski definition) is 1. The Hall–Kier alpha value is -1.08. The van der Waals surface area contributed by atoms with Gasteiger partial charge in [-0.3, -0.25) is 0 Å². The fraction of sp³-hybridized carbons (Fsp3) is 0.385. The van der Waals surface area contributed by atoms with E-state index in [9.17, 15) is 0 Å². The Labute approximate surface area is 84.8 Å². The lowest BCUT2D eigenvalue weighted by molar-refractivity contribution is 0.628. The highest BCUT2D eigenvalue weighted by Crippen LogP contribution is 2.67. The smallest absolute Gasteiger partial charge is 0.0190 e. The summed E-state index contributed by atoms with van der Waals surface area (Å²) in [5.41, 5.74) is 2.20. The molecule has 72 valence electrons. The van der Waals surface area contributed by atoms with Gasteiger partial charge in [-0.1, -0.05) is 36.4 Å². The minimum absolute atomic E-state index is 0.356. The average molecular weight is 185 g/mol. The van der Waals surface area contributed by atoms with Crippen molar-refractivity contribution in [3.05, 3.63) is 48.6 Å². The summed E-state index contributed by atoms with van der Waals surface area (Å²) >= 11 is 0. The van der Waals surface area contributed by atoms with Crippen molar-refractivity contribution >= 4 is 0 Å². The molecule has 2 atom stereocenters. The van der Waals surface area contributed by atoms with Gasteiger partial charge in [0.1, 0.15) is 0 Å². The van der Waals surface area contributed by atoms with Gasteiger partial charge in [0.2, 0.25) is 0 Å². The zero-order chi connectivity index (χ0) is 9.65. The topological polar surface area (TPSA) is 12.0 Å². The molecule has 1 aliphatic heterocycles. The summed E-state index contributed by atoms with van der Waals surface area (Å²) in [7, 11) is 0. The van der Waals surface area contributed by atoms with Crippen molar-refractivity contribution in [3.63, 3.8) is 0 Å². The van der Waals surface area contributed by atoms with Gasteiger partial charge in [0.15, 0.2) is 0 Å². The SMILES string of the molecule is C=CC12CNCC1(c1ccccc1)C2. The molecule has 0 radical (unpaired) electrons. The highest BCUT2D eigenvalue weighted by atomic mass is 15.0. The number of benzene rings is 1. The second-order valence-corrected chi connectivity index (χ2v) is 4.59. The van der Waals surface area contributed by atoms with Crippen molar-refractivity contribution < 1.29 is 0 Å². The molecule has 1 nitrogen and oxygen atoms in total. The van der Waals surface area contributed by atoms with Crippen molar-refractivity contribution in [3.8, 4) is 0 Å². The normalized spacial score (nSPS) is 39.1. The predicted octanol–water partition coefficient (Wildman–Crippen LogP) is 2.10. The van der Waals surface area contributed by atoms with Gasteiger partial charge in [-0.15, -0.1) is 6.58 Å². The van der Waals surface area contributed by atoms with Crippen LogP contribution in [0.1, 0.15) is 12.0 Å². The van der Waals surface area contributed by atoms with Crippen LogP contribution >= 0.6 is 0 Å². The first-order valence-corrected chi connectivity index (χ1v) is 5.23. The van der Waals surface area contributed by atoms with Gasteiger partial charge in [-0.05, 0) is 12.0 Å². The van der Waals surface area contributed by atoms with Crippen LogP contribution in [-0.2, 0) is 5.41 Å². The summed E-state index contributed by atoms with van der Waals surface area (Å²) in [5, 5.41) is 3.48. The molecule has 1 aromatic rings. The van der Waals surface area contributed by atoms with Gasteiger partial charge >= 0.3 is 0 Å². The largest absolute Gasteiger partial charge is 0.315 e. The van der Waals surface area contributed by atoms with Crippen LogP contribution in [0.15, 0.2) is 43.0 Å². The first-order valence-electron chi connectivity index (χ1n) is 5.23. The van der Waals surface area contributed by atoms with E-state index in [0.717, 1.165) is 13.1 Å². The summed E-state index contributed by atoms with van der Waals surface area (Å²) < 4.78 is 0. The monoisotopic (exact) mass is 185 g/mol. The third-order valence-corrected chi connectivity index (χ3v) is 4.03. The van der Waals surface area contributed by atoms with E-state index in [0.29, 0.717) is 10.8 Å². The van der Waals surface area contributed by atoms with Gasteiger partial charge in [-0.2, -0.15) is 0 Å². The molecule has 1 saturated carbocycles. The molecule has 14 heavy (non-hydrogen) atoms. The maximum atomic E-state index is 3.99. The molecular formula is C13H15N. The van der Waals surface area contributed by atoms with Crippen LogP contribution in [0.5, 0.6) is 0 Å². The molecule has 1 N–H and O–H groups in total. The quantitative estimate of drug-likeness (QED) is 0.696. The van der Waals surface area contributed by atoms with Crippen LogP contribution in [-0.4, -0.2) is 13.1 Å². The Kier molecular flexibility index (Phi) is 1.46. The Morgan fingerprint density at radius 1 is 1.21 bits per heavy atom. The lowest BCUT2D eigenvalue weighted by Gasteiger charge is -2.14. The van der Waals surface area contributed by atoms with E-state index in [4.69, 9.17) is 0 Å². The van der Waals surface area contributed by atoms with Gasteiger partial charge in [-0.25, -0.2) is 0 Å². The second kappa shape index (κ2) is 2.48. The molecule has 1 heterocycles. The van der Waals surface area contributed by atoms with Crippen LogP contribution in [0.25, 0.3) is 0 Å². The van der Waals surface area contributed by atoms with Crippen LogP contribution in [0.2, 0.25) is 0 Å². The molecule has 2 unspecified atom stereocenters. The lowest BCUT2D eigenvalue weighted by Crippen LogP contribution is -2.18. The molecule has 0 spiro atoms. The highest BCUT2D eigenvalue weighted by Gasteiger charge is 2.68. The number of hydrogen-bond donors (Lipinski definition) is 1. The first kappa shape index (κ1) is 8.25. The third kappa shape index (κ3) is 0.788. The zero-order valence-electron chi connectivity index (χ0n) is 8.29. The van der Waals surface area contributed by atoms with E-state index in [2.05, 4.69) is 48.3 Å². The highest BCUT2D eigenvalue weighted by molar-refractivity contribution is 5.44. The molecule has 1 aromatic carbocycles. The van der Waals surface area contributed by atoms with Gasteiger partial charge in [0.25, 0.3) is 0 Å². The van der Waals surface area contributed by atoms with E-state index in [1.54, 1.807) is 0 Å².